The Bertz CT molecular complexity index is 492. The van der Waals surface area contributed by atoms with Crippen LogP contribution in [0.2, 0.25) is 0 Å². The van der Waals surface area contributed by atoms with Crippen LogP contribution in [-0.4, -0.2) is 28.6 Å². The molecule has 0 radical (unpaired) electrons. The maximum absolute atomic E-state index is 12.1. The molecule has 1 aromatic rings. The Morgan fingerprint density at radius 3 is 2.43 bits per heavy atom. The number of aliphatic carboxylic acids is 1. The van der Waals surface area contributed by atoms with Crippen LogP contribution >= 0.6 is 0 Å². The zero-order valence-electron chi connectivity index (χ0n) is 13.2. The van der Waals surface area contributed by atoms with Gasteiger partial charge in [-0.25, -0.2) is 0 Å². The van der Waals surface area contributed by atoms with E-state index in [1.807, 2.05) is 0 Å². The third-order valence-electron chi connectivity index (χ3n) is 4.08. The Hall–Kier alpha value is -1.82. The van der Waals surface area contributed by atoms with Crippen molar-refractivity contribution in [2.75, 3.05) is 0 Å². The Balaban J connectivity index is 2.60. The summed E-state index contributed by atoms with van der Waals surface area (Å²) in [5.41, 5.74) is -1.76. The van der Waals surface area contributed by atoms with Crippen LogP contribution in [-0.2, 0) is 16.1 Å². The molecule has 0 aliphatic carbocycles. The van der Waals surface area contributed by atoms with Gasteiger partial charge in [-0.05, 0) is 46.8 Å². The molecule has 0 saturated carbocycles. The van der Waals surface area contributed by atoms with Crippen LogP contribution in [0.3, 0.4) is 0 Å². The molecule has 0 saturated heterocycles. The molecule has 0 aliphatic heterocycles. The second-order valence-electron chi connectivity index (χ2n) is 6.22. The summed E-state index contributed by atoms with van der Waals surface area (Å²) in [6, 6.07) is 3.01. The maximum Gasteiger partial charge on any atom is 0.310 e. The number of carbonyl (C=O) groups excluding carboxylic acids is 1. The summed E-state index contributed by atoms with van der Waals surface area (Å²) in [7, 11) is 0. The minimum absolute atomic E-state index is 0.208. The van der Waals surface area contributed by atoms with Crippen LogP contribution in [0.15, 0.2) is 22.8 Å². The first-order valence-electron chi connectivity index (χ1n) is 6.89. The van der Waals surface area contributed by atoms with Crippen LogP contribution in [0.5, 0.6) is 0 Å². The number of furan rings is 1. The molecule has 1 unspecified atom stereocenters. The van der Waals surface area contributed by atoms with Crippen LogP contribution in [0, 0.1) is 5.41 Å². The lowest BCUT2D eigenvalue weighted by Gasteiger charge is -2.40. The molecule has 6 heteroatoms. The van der Waals surface area contributed by atoms with E-state index in [1.54, 1.807) is 53.0 Å². The van der Waals surface area contributed by atoms with Crippen molar-refractivity contribution in [1.29, 1.82) is 0 Å². The van der Waals surface area contributed by atoms with Gasteiger partial charge in [0.15, 0.2) is 0 Å². The molecule has 1 atom stereocenters. The van der Waals surface area contributed by atoms with Crippen LogP contribution < -0.4 is 10.6 Å². The standard InChI is InChI=1S/C15H24N2O4/c1-10(12(18)16-9-11-7-6-8-21-11)17-15(4,5)14(2,3)13(19)20/h6-8,10,17H,9H2,1-5H3,(H,16,18)(H,19,20). The summed E-state index contributed by atoms with van der Waals surface area (Å²) < 4.78 is 5.14. The molecule has 0 aromatic carbocycles. The maximum atomic E-state index is 12.1. The van der Waals surface area contributed by atoms with Crippen molar-refractivity contribution < 1.29 is 19.1 Å². The van der Waals surface area contributed by atoms with E-state index in [4.69, 9.17) is 4.42 Å². The second-order valence-corrected chi connectivity index (χ2v) is 6.22. The molecule has 0 fully saturated rings. The third-order valence-corrected chi connectivity index (χ3v) is 4.08. The zero-order chi connectivity index (χ0) is 16.3. The number of rotatable bonds is 7. The fraction of sp³-hybridized carbons (Fsp3) is 0.600. The molecule has 6 nitrogen and oxygen atoms in total. The van der Waals surface area contributed by atoms with E-state index in [0.29, 0.717) is 12.3 Å². The highest BCUT2D eigenvalue weighted by Gasteiger charge is 2.44. The van der Waals surface area contributed by atoms with Gasteiger partial charge in [-0.15, -0.1) is 0 Å². The third kappa shape index (κ3) is 4.07. The molecule has 1 heterocycles. The fourth-order valence-electron chi connectivity index (χ4n) is 1.80. The Morgan fingerprint density at radius 2 is 1.95 bits per heavy atom. The summed E-state index contributed by atoms with van der Waals surface area (Å²) in [5.74, 6) is -0.454. The SMILES string of the molecule is CC(NC(C)(C)C(C)(C)C(=O)O)C(=O)NCc1ccco1. The summed E-state index contributed by atoms with van der Waals surface area (Å²) in [6.07, 6.45) is 1.54. The number of amides is 1. The summed E-state index contributed by atoms with van der Waals surface area (Å²) in [4.78, 5) is 23.4. The number of hydrogen-bond donors (Lipinski definition) is 3. The highest BCUT2D eigenvalue weighted by atomic mass is 16.4. The van der Waals surface area contributed by atoms with E-state index in [9.17, 15) is 14.7 Å². The molecule has 3 N–H and O–H groups in total. The largest absolute Gasteiger partial charge is 0.481 e. The average Bonchev–Trinajstić information content (AvgIpc) is 2.87. The highest BCUT2D eigenvalue weighted by Crippen LogP contribution is 2.31. The number of hydrogen-bond acceptors (Lipinski definition) is 4. The molecular formula is C15H24N2O4. The monoisotopic (exact) mass is 296 g/mol. The smallest absolute Gasteiger partial charge is 0.310 e. The number of carboxylic acids is 1. The minimum Gasteiger partial charge on any atom is -0.481 e. The molecule has 1 rings (SSSR count). The topological polar surface area (TPSA) is 91.6 Å². The van der Waals surface area contributed by atoms with Gasteiger partial charge in [0.25, 0.3) is 0 Å². The summed E-state index contributed by atoms with van der Waals surface area (Å²) in [6.45, 7) is 8.83. The van der Waals surface area contributed by atoms with Gasteiger partial charge >= 0.3 is 5.97 Å². The number of carboxylic acid groups (broad SMARTS) is 1. The van der Waals surface area contributed by atoms with Gasteiger partial charge in [0, 0.05) is 5.54 Å². The van der Waals surface area contributed by atoms with Crippen molar-refractivity contribution in [3.05, 3.63) is 24.2 Å². The average molecular weight is 296 g/mol. The van der Waals surface area contributed by atoms with Crippen LogP contribution in [0.4, 0.5) is 0 Å². The molecule has 1 aromatic heterocycles. The Labute approximate surface area is 124 Å². The van der Waals surface area contributed by atoms with Gasteiger partial charge in [0.05, 0.1) is 24.3 Å². The van der Waals surface area contributed by atoms with E-state index in [-0.39, 0.29) is 5.91 Å². The van der Waals surface area contributed by atoms with Crippen LogP contribution in [0.1, 0.15) is 40.4 Å². The predicted octanol–water partition coefficient (Wildman–Crippen LogP) is 1.76. The van der Waals surface area contributed by atoms with Crippen molar-refractivity contribution in [3.63, 3.8) is 0 Å². The van der Waals surface area contributed by atoms with E-state index in [0.717, 1.165) is 0 Å². The second kappa shape index (κ2) is 6.30. The van der Waals surface area contributed by atoms with Gasteiger partial charge in [0.1, 0.15) is 5.76 Å². The predicted molar refractivity (Wildman–Crippen MR) is 78.6 cm³/mol. The first kappa shape index (κ1) is 17.2. The normalized spacial score (nSPS) is 13.8. The van der Waals surface area contributed by atoms with Gasteiger partial charge in [0.2, 0.25) is 5.91 Å². The van der Waals surface area contributed by atoms with E-state index < -0.39 is 23.0 Å². The van der Waals surface area contributed by atoms with E-state index >= 15 is 0 Å². The first-order valence-corrected chi connectivity index (χ1v) is 6.89. The van der Waals surface area contributed by atoms with E-state index in [2.05, 4.69) is 10.6 Å². The Morgan fingerprint density at radius 1 is 1.33 bits per heavy atom. The van der Waals surface area contributed by atoms with Gasteiger partial charge in [-0.3, -0.25) is 14.9 Å². The lowest BCUT2D eigenvalue weighted by molar-refractivity contribution is -0.151. The van der Waals surface area contributed by atoms with Crippen molar-refractivity contribution in [2.45, 2.75) is 52.7 Å². The summed E-state index contributed by atoms with van der Waals surface area (Å²) >= 11 is 0. The molecule has 0 spiro atoms. The van der Waals surface area contributed by atoms with Crippen molar-refractivity contribution in [3.8, 4) is 0 Å². The molecule has 21 heavy (non-hydrogen) atoms. The minimum atomic E-state index is -1.01. The fourth-order valence-corrected chi connectivity index (χ4v) is 1.80. The van der Waals surface area contributed by atoms with E-state index in [1.165, 1.54) is 0 Å². The van der Waals surface area contributed by atoms with Crippen molar-refractivity contribution >= 4 is 11.9 Å². The number of carbonyl (C=O) groups is 2. The zero-order valence-corrected chi connectivity index (χ0v) is 13.2. The number of nitrogens with one attached hydrogen (secondary N) is 2. The lowest BCUT2D eigenvalue weighted by Crippen LogP contribution is -2.60. The van der Waals surface area contributed by atoms with Crippen molar-refractivity contribution in [2.24, 2.45) is 5.41 Å². The molecule has 0 bridgehead atoms. The van der Waals surface area contributed by atoms with Gasteiger partial charge < -0.3 is 14.8 Å². The Kier molecular flexibility index (Phi) is 5.17. The molecule has 0 aliphatic rings. The molecular weight excluding hydrogens is 272 g/mol. The highest BCUT2D eigenvalue weighted by molar-refractivity contribution is 5.81. The van der Waals surface area contributed by atoms with Crippen LogP contribution in [0.25, 0.3) is 0 Å². The lowest BCUT2D eigenvalue weighted by atomic mass is 9.74. The molecule has 118 valence electrons. The molecule has 1 amide bonds. The summed E-state index contributed by atoms with van der Waals surface area (Å²) in [5, 5.41) is 15.1. The van der Waals surface area contributed by atoms with Gasteiger partial charge in [-0.1, -0.05) is 0 Å². The first-order chi connectivity index (χ1) is 9.58. The van der Waals surface area contributed by atoms with Gasteiger partial charge in [-0.2, -0.15) is 0 Å². The van der Waals surface area contributed by atoms with Crippen molar-refractivity contribution in [1.82, 2.24) is 10.6 Å². The quantitative estimate of drug-likeness (QED) is 0.713.